The molecule has 0 saturated heterocycles. The molecule has 31 heavy (non-hydrogen) atoms. The van der Waals surface area contributed by atoms with Crippen molar-refractivity contribution in [3.05, 3.63) is 54.1 Å². The fourth-order valence-electron chi connectivity index (χ4n) is 3.73. The van der Waals surface area contributed by atoms with Gasteiger partial charge in [0.15, 0.2) is 17.3 Å². The van der Waals surface area contributed by atoms with E-state index < -0.39 is 5.60 Å². The number of benzene rings is 1. The molecule has 0 bridgehead atoms. The highest BCUT2D eigenvalue weighted by Gasteiger charge is 2.19. The van der Waals surface area contributed by atoms with Crippen molar-refractivity contribution in [1.29, 1.82) is 0 Å². The van der Waals surface area contributed by atoms with Crippen molar-refractivity contribution in [3.8, 4) is 11.6 Å². The van der Waals surface area contributed by atoms with Crippen LogP contribution in [-0.4, -0.2) is 44.8 Å². The molecule has 158 valence electrons. The van der Waals surface area contributed by atoms with Gasteiger partial charge in [-0.15, -0.1) is 0 Å². The molecule has 3 N–H and O–H groups in total. The molecule has 0 amide bonds. The molecule has 0 saturated carbocycles. The minimum absolute atomic E-state index is 0.255. The second-order valence-electron chi connectivity index (χ2n) is 8.18. The minimum Gasteiger partial charge on any atom is -0.443 e. The summed E-state index contributed by atoms with van der Waals surface area (Å²) in [4.78, 5) is 17.7. The molecule has 0 atom stereocenters. The van der Waals surface area contributed by atoms with E-state index in [1.165, 1.54) is 6.26 Å². The number of aryl methyl sites for hydroxylation is 1. The van der Waals surface area contributed by atoms with Crippen LogP contribution in [0.2, 0.25) is 0 Å². The summed E-state index contributed by atoms with van der Waals surface area (Å²) in [6.07, 6.45) is 5.27. The Bertz CT molecular complexity index is 1390. The van der Waals surface area contributed by atoms with E-state index in [2.05, 4.69) is 25.0 Å². The molecule has 0 aliphatic rings. The Labute approximate surface area is 177 Å². The summed E-state index contributed by atoms with van der Waals surface area (Å²) in [5.74, 6) is 1.24. The second-order valence-corrected chi connectivity index (χ2v) is 8.18. The van der Waals surface area contributed by atoms with Crippen LogP contribution >= 0.6 is 0 Å². The van der Waals surface area contributed by atoms with Gasteiger partial charge >= 0.3 is 0 Å². The van der Waals surface area contributed by atoms with Crippen LogP contribution < -0.4 is 5.73 Å². The van der Waals surface area contributed by atoms with E-state index in [1.807, 2.05) is 29.7 Å². The van der Waals surface area contributed by atoms with E-state index >= 15 is 0 Å². The Kier molecular flexibility index (Phi) is 4.26. The van der Waals surface area contributed by atoms with Crippen molar-refractivity contribution >= 4 is 22.5 Å². The van der Waals surface area contributed by atoms with Gasteiger partial charge in [0.2, 0.25) is 5.89 Å². The van der Waals surface area contributed by atoms with Crippen molar-refractivity contribution in [2.45, 2.75) is 39.3 Å². The van der Waals surface area contributed by atoms with Crippen LogP contribution in [0, 0.1) is 6.92 Å². The zero-order valence-electron chi connectivity index (χ0n) is 17.4. The van der Waals surface area contributed by atoms with Crippen LogP contribution in [-0.2, 0) is 13.0 Å². The zero-order chi connectivity index (χ0) is 21.8. The number of anilines is 1. The van der Waals surface area contributed by atoms with E-state index in [9.17, 15) is 5.11 Å². The maximum Gasteiger partial charge on any atom is 0.246 e. The van der Waals surface area contributed by atoms with Crippen LogP contribution in [0.4, 0.5) is 5.82 Å². The third kappa shape index (κ3) is 3.40. The minimum atomic E-state index is -0.838. The molecule has 0 spiro atoms. The highest BCUT2D eigenvalue weighted by atomic mass is 16.3. The summed E-state index contributed by atoms with van der Waals surface area (Å²) in [7, 11) is 0. The lowest BCUT2D eigenvalue weighted by molar-refractivity contribution is 0.0626. The zero-order valence-corrected chi connectivity index (χ0v) is 17.4. The fraction of sp³-hybridized carbons (Fsp3) is 0.286. The van der Waals surface area contributed by atoms with E-state index in [4.69, 9.17) is 10.2 Å². The Morgan fingerprint density at radius 1 is 1.19 bits per heavy atom. The summed E-state index contributed by atoms with van der Waals surface area (Å²) in [6, 6.07) is 5.96. The lowest BCUT2D eigenvalue weighted by atomic mass is 10.1. The third-order valence-corrected chi connectivity index (χ3v) is 5.05. The quantitative estimate of drug-likeness (QED) is 0.444. The van der Waals surface area contributed by atoms with E-state index in [1.54, 1.807) is 30.9 Å². The number of nitrogens with two attached hydrogens (primary N) is 1. The van der Waals surface area contributed by atoms with Gasteiger partial charge in [-0.05, 0) is 32.4 Å². The molecule has 10 nitrogen and oxygen atoms in total. The number of rotatable bonds is 5. The molecule has 5 aromatic rings. The molecule has 0 fully saturated rings. The number of nitrogens with zero attached hydrogens (tertiary/aromatic N) is 7. The molecule has 0 radical (unpaired) electrons. The summed E-state index contributed by atoms with van der Waals surface area (Å²) in [5.41, 5.74) is 9.85. The number of para-hydroxylation sites is 1. The maximum atomic E-state index is 10.2. The molecule has 0 aliphatic heterocycles. The standard InChI is InChI=1S/C21H22N8O2/c1-12-16(20-23-7-8-31-20)26-18(22)19-25-15(27-29(12)19)9-13-5-4-6-14-17(13)24-11-28(14)10-21(2,3)30/h4-8,11,30H,9-10H2,1-3H3,(H2,22,26). The van der Waals surface area contributed by atoms with Crippen LogP contribution in [0.3, 0.4) is 0 Å². The number of nitrogen functional groups attached to an aromatic ring is 1. The van der Waals surface area contributed by atoms with Gasteiger partial charge in [0.1, 0.15) is 12.0 Å². The molecule has 10 heteroatoms. The predicted molar refractivity (Wildman–Crippen MR) is 114 cm³/mol. The van der Waals surface area contributed by atoms with E-state index in [0.29, 0.717) is 36.0 Å². The van der Waals surface area contributed by atoms with Gasteiger partial charge in [0.25, 0.3) is 0 Å². The fourth-order valence-corrected chi connectivity index (χ4v) is 3.73. The lowest BCUT2D eigenvalue weighted by Gasteiger charge is -2.18. The number of imidazole rings is 1. The van der Waals surface area contributed by atoms with Crippen LogP contribution in [0.1, 0.15) is 30.9 Å². The molecular weight excluding hydrogens is 396 g/mol. The lowest BCUT2D eigenvalue weighted by Crippen LogP contribution is -2.25. The third-order valence-electron chi connectivity index (χ3n) is 5.05. The number of hydrogen-bond acceptors (Lipinski definition) is 8. The van der Waals surface area contributed by atoms with Crippen LogP contribution in [0.25, 0.3) is 28.3 Å². The first kappa shape index (κ1) is 19.2. The Balaban J connectivity index is 1.55. The Morgan fingerprint density at radius 3 is 2.77 bits per heavy atom. The average Bonchev–Trinajstić information content (AvgIpc) is 3.44. The second kappa shape index (κ2) is 6.88. The number of hydrogen-bond donors (Lipinski definition) is 2. The average molecular weight is 418 g/mol. The van der Waals surface area contributed by atoms with Gasteiger partial charge in [-0.2, -0.15) is 5.10 Å². The van der Waals surface area contributed by atoms with Gasteiger partial charge < -0.3 is 19.8 Å². The van der Waals surface area contributed by atoms with Crippen molar-refractivity contribution in [3.63, 3.8) is 0 Å². The Hall–Kier alpha value is -3.79. The molecule has 4 aromatic heterocycles. The van der Waals surface area contributed by atoms with Crippen molar-refractivity contribution in [2.24, 2.45) is 0 Å². The molecule has 4 heterocycles. The largest absolute Gasteiger partial charge is 0.443 e. The highest BCUT2D eigenvalue weighted by molar-refractivity contribution is 5.79. The summed E-state index contributed by atoms with van der Waals surface area (Å²) >= 11 is 0. The summed E-state index contributed by atoms with van der Waals surface area (Å²) < 4.78 is 8.99. The van der Waals surface area contributed by atoms with Gasteiger partial charge in [-0.1, -0.05) is 12.1 Å². The smallest absolute Gasteiger partial charge is 0.246 e. The van der Waals surface area contributed by atoms with E-state index in [-0.39, 0.29) is 5.82 Å². The normalized spacial score (nSPS) is 12.3. The van der Waals surface area contributed by atoms with Gasteiger partial charge in [-0.3, -0.25) is 0 Å². The first-order valence-electron chi connectivity index (χ1n) is 9.87. The first-order chi connectivity index (χ1) is 14.8. The van der Waals surface area contributed by atoms with Crippen LogP contribution in [0.5, 0.6) is 0 Å². The van der Waals surface area contributed by atoms with Crippen molar-refractivity contribution in [2.75, 3.05) is 5.73 Å². The summed E-state index contributed by atoms with van der Waals surface area (Å²) in [5, 5.41) is 14.8. The molecule has 0 unspecified atom stereocenters. The predicted octanol–water partition coefficient (Wildman–Crippen LogP) is 2.38. The Morgan fingerprint density at radius 2 is 2.03 bits per heavy atom. The van der Waals surface area contributed by atoms with Crippen molar-refractivity contribution < 1.29 is 9.52 Å². The highest BCUT2D eigenvalue weighted by Crippen LogP contribution is 2.25. The number of aromatic nitrogens is 7. The summed E-state index contributed by atoms with van der Waals surface area (Å²) in [6.45, 7) is 5.87. The SMILES string of the molecule is Cc1c(-c2ncco2)nc(N)c2nc(Cc3cccc4c3ncn4CC(C)(C)O)nn12. The number of oxazole rings is 1. The maximum absolute atomic E-state index is 10.2. The molecule has 0 aliphatic carbocycles. The van der Waals surface area contributed by atoms with Gasteiger partial charge in [-0.25, -0.2) is 24.5 Å². The van der Waals surface area contributed by atoms with E-state index in [0.717, 1.165) is 22.3 Å². The molecule has 5 rings (SSSR count). The van der Waals surface area contributed by atoms with Crippen LogP contribution in [0.15, 0.2) is 41.4 Å². The topological polar surface area (TPSA) is 133 Å². The molecule has 1 aromatic carbocycles. The molecular formula is C21H22N8O2. The number of aliphatic hydroxyl groups is 1. The van der Waals surface area contributed by atoms with Gasteiger partial charge in [0.05, 0.1) is 41.4 Å². The monoisotopic (exact) mass is 418 g/mol. The number of fused-ring (bicyclic) bond motifs is 2. The van der Waals surface area contributed by atoms with Crippen molar-refractivity contribution in [1.82, 2.24) is 34.1 Å². The first-order valence-corrected chi connectivity index (χ1v) is 9.87. The van der Waals surface area contributed by atoms with Gasteiger partial charge in [0, 0.05) is 6.42 Å².